The fourth-order valence-corrected chi connectivity index (χ4v) is 7.16. The number of imidazole rings is 1. The van der Waals surface area contributed by atoms with Crippen LogP contribution in [0.4, 0.5) is 5.82 Å². The summed E-state index contributed by atoms with van der Waals surface area (Å²) in [5.41, 5.74) is 7.01. The molecule has 0 saturated carbocycles. The van der Waals surface area contributed by atoms with Crippen LogP contribution in [0.2, 0.25) is 0 Å². The normalized spacial score (nSPS) is 14.2. The average Bonchev–Trinajstić information content (AvgIpc) is 3.48. The van der Waals surface area contributed by atoms with Crippen molar-refractivity contribution in [1.82, 2.24) is 24.6 Å². The zero-order valence-corrected chi connectivity index (χ0v) is 31.2. The van der Waals surface area contributed by atoms with Crippen LogP contribution >= 0.6 is 7.52 Å². The van der Waals surface area contributed by atoms with Crippen molar-refractivity contribution in [2.24, 2.45) is 0 Å². The SMILES string of the molecule is CCCCCCCCCCCCCCCCOCCCOP(=O)(CO[C@H](C)Cn1cnc2c(N)ncnc21)N[C@@H](C)C(=O)OCCCC. The summed E-state index contributed by atoms with van der Waals surface area (Å²) in [6.45, 7) is 9.93. The second-order valence-corrected chi connectivity index (χ2v) is 15.0. The summed E-state index contributed by atoms with van der Waals surface area (Å²) in [5, 5.41) is 2.87. The van der Waals surface area contributed by atoms with Gasteiger partial charge in [0.05, 0.1) is 32.2 Å². The lowest BCUT2D eigenvalue weighted by atomic mass is 10.0. The van der Waals surface area contributed by atoms with Crippen LogP contribution in [0.5, 0.6) is 0 Å². The van der Waals surface area contributed by atoms with Gasteiger partial charge in [-0.05, 0) is 33.1 Å². The van der Waals surface area contributed by atoms with E-state index in [-0.39, 0.29) is 19.1 Å². The molecule has 2 rings (SSSR count). The molecule has 0 aromatic carbocycles. The fraction of sp³-hybridized carbons (Fsp3) is 0.829. The van der Waals surface area contributed by atoms with E-state index in [1.54, 1.807) is 17.8 Å². The summed E-state index contributed by atoms with van der Waals surface area (Å²) in [6.07, 6.45) is 23.3. The Hall–Kier alpha value is -2.11. The molecule has 3 N–H and O–H groups in total. The Morgan fingerprint density at radius 1 is 0.812 bits per heavy atom. The van der Waals surface area contributed by atoms with Gasteiger partial charge in [-0.3, -0.25) is 9.36 Å². The molecule has 0 fully saturated rings. The van der Waals surface area contributed by atoms with E-state index in [1.165, 1.54) is 89.8 Å². The zero-order chi connectivity index (χ0) is 34.9. The minimum absolute atomic E-state index is 0.209. The highest BCUT2D eigenvalue weighted by Gasteiger charge is 2.30. The molecule has 1 unspecified atom stereocenters. The van der Waals surface area contributed by atoms with E-state index in [9.17, 15) is 9.36 Å². The number of nitrogens with zero attached hydrogens (tertiary/aromatic N) is 4. The van der Waals surface area contributed by atoms with Crippen LogP contribution in [-0.2, 0) is 34.6 Å². The number of nitrogens with one attached hydrogen (secondary N) is 1. The minimum Gasteiger partial charge on any atom is -0.465 e. The molecule has 2 heterocycles. The third-order valence-corrected chi connectivity index (χ3v) is 10.1. The quantitative estimate of drug-likeness (QED) is 0.0446. The molecule has 12 nitrogen and oxygen atoms in total. The van der Waals surface area contributed by atoms with E-state index in [2.05, 4.69) is 27.0 Å². The molecular weight excluding hydrogens is 631 g/mol. The lowest BCUT2D eigenvalue weighted by Crippen LogP contribution is -2.35. The molecule has 0 aliphatic rings. The maximum atomic E-state index is 13.8. The summed E-state index contributed by atoms with van der Waals surface area (Å²) in [5.74, 6) is -0.170. The van der Waals surface area contributed by atoms with E-state index in [0.717, 1.165) is 19.3 Å². The number of ether oxygens (including phenoxy) is 3. The third-order valence-electron chi connectivity index (χ3n) is 8.27. The molecule has 13 heteroatoms. The Balaban J connectivity index is 1.65. The molecular formula is C35H65N6O6P. The number of carbonyl (C=O) groups excluding carboxylic acids is 1. The smallest absolute Gasteiger partial charge is 0.323 e. The highest BCUT2D eigenvalue weighted by molar-refractivity contribution is 7.56. The fourth-order valence-electron chi connectivity index (χ4n) is 5.36. The second kappa shape index (κ2) is 25.8. The number of rotatable bonds is 31. The van der Waals surface area contributed by atoms with Crippen molar-refractivity contribution in [3.63, 3.8) is 0 Å². The predicted molar refractivity (Wildman–Crippen MR) is 193 cm³/mol. The first-order valence-corrected chi connectivity index (χ1v) is 20.4. The lowest BCUT2D eigenvalue weighted by molar-refractivity contribution is -0.145. The van der Waals surface area contributed by atoms with Crippen LogP contribution in [0, 0.1) is 0 Å². The molecule has 2 aromatic rings. The Kier molecular flexibility index (Phi) is 22.6. The Morgan fingerprint density at radius 3 is 2.06 bits per heavy atom. The average molecular weight is 697 g/mol. The second-order valence-electron chi connectivity index (χ2n) is 12.9. The number of anilines is 1. The topological polar surface area (TPSA) is 153 Å². The van der Waals surface area contributed by atoms with Crippen LogP contribution < -0.4 is 10.8 Å². The zero-order valence-electron chi connectivity index (χ0n) is 30.3. The molecule has 48 heavy (non-hydrogen) atoms. The van der Waals surface area contributed by atoms with Gasteiger partial charge in [0.2, 0.25) is 0 Å². The van der Waals surface area contributed by atoms with Crippen molar-refractivity contribution >= 4 is 30.5 Å². The number of hydrogen-bond acceptors (Lipinski definition) is 10. The molecule has 0 aliphatic heterocycles. The van der Waals surface area contributed by atoms with Gasteiger partial charge in [-0.25, -0.2) is 20.0 Å². The van der Waals surface area contributed by atoms with Gasteiger partial charge in [0.25, 0.3) is 7.52 Å². The van der Waals surface area contributed by atoms with E-state index in [4.69, 9.17) is 24.5 Å². The summed E-state index contributed by atoms with van der Waals surface area (Å²) in [6, 6.07) is -0.819. The van der Waals surface area contributed by atoms with Gasteiger partial charge >= 0.3 is 5.97 Å². The standard InChI is InChI=1S/C35H65N6O6P/c1-5-7-9-10-11-12-13-14-15-16-17-18-19-20-22-44-23-21-25-47-48(43,40-31(4)35(42)45-24-8-6-2)29-46-30(3)26-41-28-39-32-33(36)37-27-38-34(32)41/h27-28,30-31H,5-26,29H2,1-4H3,(H,40,43)(H2,36,37,38)/t30-,31+,48?/m1/s1. The van der Waals surface area contributed by atoms with Crippen molar-refractivity contribution in [3.05, 3.63) is 12.7 Å². The van der Waals surface area contributed by atoms with E-state index < -0.39 is 19.5 Å². The third kappa shape index (κ3) is 18.0. The van der Waals surface area contributed by atoms with E-state index >= 15 is 0 Å². The van der Waals surface area contributed by atoms with Gasteiger partial charge in [0, 0.05) is 13.2 Å². The molecule has 3 atom stereocenters. The number of nitrogens with two attached hydrogens (primary N) is 1. The number of esters is 1. The first kappa shape index (κ1) is 42.1. The monoisotopic (exact) mass is 696 g/mol. The van der Waals surface area contributed by atoms with Crippen molar-refractivity contribution in [3.8, 4) is 0 Å². The van der Waals surface area contributed by atoms with Gasteiger partial charge in [-0.1, -0.05) is 104 Å². The van der Waals surface area contributed by atoms with Gasteiger partial charge in [-0.15, -0.1) is 0 Å². The van der Waals surface area contributed by atoms with Crippen LogP contribution in [-0.4, -0.2) is 70.4 Å². The maximum Gasteiger partial charge on any atom is 0.323 e. The first-order valence-electron chi connectivity index (χ1n) is 18.6. The molecule has 0 radical (unpaired) electrons. The molecule has 0 spiro atoms. The van der Waals surface area contributed by atoms with Gasteiger partial charge in [-0.2, -0.15) is 0 Å². The minimum atomic E-state index is -3.56. The summed E-state index contributed by atoms with van der Waals surface area (Å²) in [7, 11) is -3.56. The molecule has 276 valence electrons. The summed E-state index contributed by atoms with van der Waals surface area (Å²) in [4.78, 5) is 25.0. The number of nitrogen functional groups attached to an aromatic ring is 1. The van der Waals surface area contributed by atoms with E-state index in [0.29, 0.717) is 49.8 Å². The van der Waals surface area contributed by atoms with Gasteiger partial charge in [0.1, 0.15) is 24.2 Å². The summed E-state index contributed by atoms with van der Waals surface area (Å²) >= 11 is 0. The van der Waals surface area contributed by atoms with Crippen LogP contribution in [0.25, 0.3) is 11.2 Å². The number of carbonyl (C=O) groups is 1. The number of fused-ring (bicyclic) bond motifs is 1. The number of unbranched alkanes of at least 4 members (excludes halogenated alkanes) is 14. The Bertz CT molecular complexity index is 1170. The van der Waals surface area contributed by atoms with Crippen molar-refractivity contribution in [2.45, 2.75) is 156 Å². The predicted octanol–water partition coefficient (Wildman–Crippen LogP) is 8.19. The summed E-state index contributed by atoms with van der Waals surface area (Å²) < 4.78 is 38.6. The molecule has 0 saturated heterocycles. The van der Waals surface area contributed by atoms with E-state index in [1.807, 2.05) is 13.8 Å². The Labute approximate surface area is 289 Å². The molecule has 0 bridgehead atoms. The largest absolute Gasteiger partial charge is 0.465 e. The lowest BCUT2D eigenvalue weighted by Gasteiger charge is -2.24. The number of hydrogen-bond donors (Lipinski definition) is 2. The Morgan fingerprint density at radius 2 is 1.42 bits per heavy atom. The van der Waals surface area contributed by atoms with Crippen molar-refractivity contribution < 1.29 is 28.1 Å². The van der Waals surface area contributed by atoms with Crippen LogP contribution in [0.3, 0.4) is 0 Å². The van der Waals surface area contributed by atoms with Crippen LogP contribution in [0.1, 0.15) is 137 Å². The van der Waals surface area contributed by atoms with Gasteiger partial charge < -0.3 is 29.0 Å². The van der Waals surface area contributed by atoms with Crippen molar-refractivity contribution in [2.75, 3.05) is 38.5 Å². The molecule has 2 aromatic heterocycles. The maximum absolute atomic E-state index is 13.8. The van der Waals surface area contributed by atoms with Crippen LogP contribution in [0.15, 0.2) is 12.7 Å². The van der Waals surface area contributed by atoms with Gasteiger partial charge in [0.15, 0.2) is 11.5 Å². The molecule has 0 aliphatic carbocycles. The van der Waals surface area contributed by atoms with Crippen molar-refractivity contribution in [1.29, 1.82) is 0 Å². The molecule has 0 amide bonds. The highest BCUT2D eigenvalue weighted by atomic mass is 31.2. The highest BCUT2D eigenvalue weighted by Crippen LogP contribution is 2.43. The number of aromatic nitrogens is 4. The first-order chi connectivity index (χ1) is 23.3.